The Bertz CT molecular complexity index is 393. The summed E-state index contributed by atoms with van der Waals surface area (Å²) in [7, 11) is 0. The molecule has 0 saturated heterocycles. The summed E-state index contributed by atoms with van der Waals surface area (Å²) in [5.41, 5.74) is 3.46. The van der Waals surface area contributed by atoms with E-state index in [1.54, 1.807) is 0 Å². The normalized spacial score (nSPS) is 10.5. The van der Waals surface area contributed by atoms with Gasteiger partial charge in [-0.2, -0.15) is 0 Å². The van der Waals surface area contributed by atoms with Crippen molar-refractivity contribution in [1.29, 1.82) is 0 Å². The van der Waals surface area contributed by atoms with Gasteiger partial charge in [-0.1, -0.05) is 19.9 Å². The summed E-state index contributed by atoms with van der Waals surface area (Å²) in [4.78, 5) is 0. The van der Waals surface area contributed by atoms with Crippen LogP contribution in [0.3, 0.4) is 0 Å². The van der Waals surface area contributed by atoms with E-state index in [4.69, 9.17) is 12.2 Å². The first-order valence-corrected chi connectivity index (χ1v) is 6.92. The molecule has 1 aromatic carbocycles. The van der Waals surface area contributed by atoms with Gasteiger partial charge in [-0.3, -0.25) is 0 Å². The van der Waals surface area contributed by atoms with Crippen LogP contribution in [0.5, 0.6) is 0 Å². The average Bonchev–Trinajstić information content (AvgIpc) is 2.20. The van der Waals surface area contributed by atoms with E-state index in [0.29, 0.717) is 11.0 Å². The summed E-state index contributed by atoms with van der Waals surface area (Å²) < 4.78 is 1.05. The maximum Gasteiger partial charge on any atom is 0.170 e. The van der Waals surface area contributed by atoms with E-state index in [-0.39, 0.29) is 0 Å². The second-order valence-corrected chi connectivity index (χ2v) is 5.93. The molecule has 0 heterocycles. The molecule has 0 unspecified atom stereocenters. The molecular weight excluding hydrogens is 296 g/mol. The zero-order chi connectivity index (χ0) is 13.0. The van der Waals surface area contributed by atoms with Gasteiger partial charge >= 0.3 is 0 Å². The van der Waals surface area contributed by atoms with E-state index in [0.717, 1.165) is 16.7 Å². The molecule has 4 heteroatoms. The number of benzene rings is 1. The summed E-state index contributed by atoms with van der Waals surface area (Å²) >= 11 is 8.82. The quantitative estimate of drug-likeness (QED) is 0.824. The van der Waals surface area contributed by atoms with Crippen LogP contribution in [0.25, 0.3) is 0 Å². The second kappa shape index (κ2) is 6.36. The van der Waals surface area contributed by atoms with Crippen molar-refractivity contribution in [2.75, 3.05) is 11.9 Å². The average molecular weight is 315 g/mol. The Morgan fingerprint density at radius 1 is 1.35 bits per heavy atom. The largest absolute Gasteiger partial charge is 0.362 e. The number of hydrogen-bond donors (Lipinski definition) is 2. The second-order valence-electron chi connectivity index (χ2n) is 4.67. The molecule has 0 fully saturated rings. The van der Waals surface area contributed by atoms with Gasteiger partial charge in [-0.05, 0) is 65.1 Å². The van der Waals surface area contributed by atoms with Gasteiger partial charge < -0.3 is 10.6 Å². The fourth-order valence-electron chi connectivity index (χ4n) is 1.53. The summed E-state index contributed by atoms with van der Waals surface area (Å²) in [6, 6.07) is 4.22. The summed E-state index contributed by atoms with van der Waals surface area (Å²) in [6.45, 7) is 9.35. The van der Waals surface area contributed by atoms with Crippen LogP contribution in [0.4, 0.5) is 5.69 Å². The van der Waals surface area contributed by atoms with E-state index in [1.807, 2.05) is 0 Å². The Balaban J connectivity index is 2.72. The van der Waals surface area contributed by atoms with Crippen LogP contribution in [0, 0.1) is 19.8 Å². The fourth-order valence-corrected chi connectivity index (χ4v) is 2.49. The number of thiocarbonyl (C=S) groups is 1. The Morgan fingerprint density at radius 2 is 2.00 bits per heavy atom. The maximum atomic E-state index is 5.26. The predicted octanol–water partition coefficient (Wildman–Crippen LogP) is 4.01. The SMILES string of the molecule is Cc1cc(C)c(NC(=S)NCC(C)C)c(Br)c1. The molecule has 0 atom stereocenters. The number of rotatable bonds is 3. The van der Waals surface area contributed by atoms with Crippen molar-refractivity contribution in [2.45, 2.75) is 27.7 Å². The third-order valence-corrected chi connectivity index (χ3v) is 3.21. The smallest absolute Gasteiger partial charge is 0.170 e. The van der Waals surface area contributed by atoms with Gasteiger partial charge in [0.15, 0.2) is 5.11 Å². The lowest BCUT2D eigenvalue weighted by Gasteiger charge is -2.15. The monoisotopic (exact) mass is 314 g/mol. The number of halogens is 1. The molecule has 0 spiro atoms. The van der Waals surface area contributed by atoms with Gasteiger partial charge in [0.1, 0.15) is 0 Å². The number of hydrogen-bond acceptors (Lipinski definition) is 1. The molecule has 0 saturated carbocycles. The van der Waals surface area contributed by atoms with Crippen molar-refractivity contribution >= 4 is 38.9 Å². The predicted molar refractivity (Wildman–Crippen MR) is 82.7 cm³/mol. The molecule has 0 aliphatic carbocycles. The fraction of sp³-hybridized carbons (Fsp3) is 0.462. The first kappa shape index (κ1) is 14.5. The Hall–Kier alpha value is -0.610. The number of nitrogens with one attached hydrogen (secondary N) is 2. The summed E-state index contributed by atoms with van der Waals surface area (Å²) in [5.74, 6) is 0.581. The standard InChI is InChI=1S/C13H19BrN2S/c1-8(2)7-15-13(17)16-12-10(4)5-9(3)6-11(12)14/h5-6,8H,7H2,1-4H3,(H2,15,16,17). The molecule has 0 amide bonds. The van der Waals surface area contributed by atoms with E-state index in [2.05, 4.69) is 66.4 Å². The minimum Gasteiger partial charge on any atom is -0.362 e. The van der Waals surface area contributed by atoms with E-state index in [1.165, 1.54) is 11.1 Å². The molecule has 1 aromatic rings. The van der Waals surface area contributed by atoms with Crippen molar-refractivity contribution in [1.82, 2.24) is 5.32 Å². The molecule has 17 heavy (non-hydrogen) atoms. The zero-order valence-corrected chi connectivity index (χ0v) is 13.1. The molecule has 1 rings (SSSR count). The van der Waals surface area contributed by atoms with Crippen LogP contribution in [0.15, 0.2) is 16.6 Å². The lowest BCUT2D eigenvalue weighted by Crippen LogP contribution is -2.31. The molecular formula is C13H19BrN2S. The van der Waals surface area contributed by atoms with Gasteiger partial charge in [0.05, 0.1) is 5.69 Å². The lowest BCUT2D eigenvalue weighted by molar-refractivity contribution is 0.627. The topological polar surface area (TPSA) is 24.1 Å². The van der Waals surface area contributed by atoms with Crippen LogP contribution >= 0.6 is 28.1 Å². The summed E-state index contributed by atoms with van der Waals surface area (Å²) in [5, 5.41) is 7.11. The van der Waals surface area contributed by atoms with Crippen molar-refractivity contribution in [3.8, 4) is 0 Å². The highest BCUT2D eigenvalue weighted by atomic mass is 79.9. The molecule has 0 aromatic heterocycles. The van der Waals surface area contributed by atoms with Gasteiger partial charge in [0.25, 0.3) is 0 Å². The number of anilines is 1. The van der Waals surface area contributed by atoms with Crippen LogP contribution in [-0.4, -0.2) is 11.7 Å². The van der Waals surface area contributed by atoms with Crippen molar-refractivity contribution in [3.63, 3.8) is 0 Å². The molecule has 94 valence electrons. The highest BCUT2D eigenvalue weighted by molar-refractivity contribution is 9.10. The van der Waals surface area contributed by atoms with Crippen molar-refractivity contribution < 1.29 is 0 Å². The minimum atomic E-state index is 0.581. The molecule has 2 nitrogen and oxygen atoms in total. The first-order chi connectivity index (χ1) is 7.90. The van der Waals surface area contributed by atoms with Crippen molar-refractivity contribution in [2.24, 2.45) is 5.92 Å². The van der Waals surface area contributed by atoms with Gasteiger partial charge in [0.2, 0.25) is 0 Å². The maximum absolute atomic E-state index is 5.26. The molecule has 0 radical (unpaired) electrons. The van der Waals surface area contributed by atoms with Crippen LogP contribution in [0.1, 0.15) is 25.0 Å². The van der Waals surface area contributed by atoms with E-state index >= 15 is 0 Å². The van der Waals surface area contributed by atoms with E-state index in [9.17, 15) is 0 Å². The Kier molecular flexibility index (Phi) is 5.40. The molecule has 0 bridgehead atoms. The Morgan fingerprint density at radius 3 is 2.53 bits per heavy atom. The van der Waals surface area contributed by atoms with Gasteiger partial charge in [0, 0.05) is 11.0 Å². The van der Waals surface area contributed by atoms with Crippen LogP contribution in [0.2, 0.25) is 0 Å². The van der Waals surface area contributed by atoms with Crippen molar-refractivity contribution in [3.05, 3.63) is 27.7 Å². The zero-order valence-electron chi connectivity index (χ0n) is 10.7. The third-order valence-electron chi connectivity index (χ3n) is 2.34. The lowest BCUT2D eigenvalue weighted by atomic mass is 10.1. The number of aryl methyl sites for hydroxylation is 2. The van der Waals surface area contributed by atoms with Crippen LogP contribution < -0.4 is 10.6 Å². The Labute approximate surface area is 117 Å². The minimum absolute atomic E-state index is 0.581. The molecule has 0 aliphatic rings. The first-order valence-electron chi connectivity index (χ1n) is 5.71. The third kappa shape index (κ3) is 4.64. The molecule has 2 N–H and O–H groups in total. The van der Waals surface area contributed by atoms with E-state index < -0.39 is 0 Å². The highest BCUT2D eigenvalue weighted by Crippen LogP contribution is 2.27. The highest BCUT2D eigenvalue weighted by Gasteiger charge is 2.06. The van der Waals surface area contributed by atoms with Gasteiger partial charge in [-0.15, -0.1) is 0 Å². The van der Waals surface area contributed by atoms with Gasteiger partial charge in [-0.25, -0.2) is 0 Å². The molecule has 0 aliphatic heterocycles. The van der Waals surface area contributed by atoms with Crippen LogP contribution in [-0.2, 0) is 0 Å². The summed E-state index contributed by atoms with van der Waals surface area (Å²) in [6.07, 6.45) is 0.